The van der Waals surface area contributed by atoms with Crippen molar-refractivity contribution in [2.45, 2.75) is 32.9 Å². The summed E-state index contributed by atoms with van der Waals surface area (Å²) in [6, 6.07) is 2.06. The SMILES string of the molecule is CC1=C(C(=O)OC(C)C)C(c2ccccc2[N+](=O)[O-])N(C(N)=O)C(=O)N1. The number of carbonyl (C=O) groups is 3. The average Bonchev–Trinajstić information content (AvgIpc) is 2.52. The normalized spacial score (nSPS) is 17.2. The summed E-state index contributed by atoms with van der Waals surface area (Å²) in [4.78, 5) is 48.0. The first-order chi connectivity index (χ1) is 12.1. The zero-order chi connectivity index (χ0) is 19.6. The molecular weight excluding hydrogens is 344 g/mol. The Kier molecular flexibility index (Phi) is 5.24. The number of rotatable bonds is 4. The smallest absolute Gasteiger partial charge is 0.338 e. The lowest BCUT2D eigenvalue weighted by atomic mass is 9.92. The third-order valence-corrected chi connectivity index (χ3v) is 3.68. The lowest BCUT2D eigenvalue weighted by Crippen LogP contribution is -2.53. The van der Waals surface area contributed by atoms with Gasteiger partial charge in [-0.15, -0.1) is 0 Å². The maximum atomic E-state index is 12.6. The summed E-state index contributed by atoms with van der Waals surface area (Å²) < 4.78 is 5.18. The molecule has 1 unspecified atom stereocenters. The maximum absolute atomic E-state index is 12.6. The van der Waals surface area contributed by atoms with E-state index >= 15 is 0 Å². The number of nitro benzene ring substituents is 1. The Bertz CT molecular complexity index is 817. The number of allylic oxidation sites excluding steroid dienone is 1. The number of esters is 1. The van der Waals surface area contributed by atoms with Crippen molar-refractivity contribution in [2.75, 3.05) is 0 Å². The molecule has 4 amide bonds. The molecule has 1 aliphatic rings. The molecule has 0 radical (unpaired) electrons. The molecule has 0 saturated heterocycles. The number of urea groups is 2. The molecule has 1 aliphatic heterocycles. The zero-order valence-electron chi connectivity index (χ0n) is 14.4. The minimum atomic E-state index is -1.38. The Balaban J connectivity index is 2.73. The zero-order valence-corrected chi connectivity index (χ0v) is 14.4. The molecule has 26 heavy (non-hydrogen) atoms. The van der Waals surface area contributed by atoms with E-state index in [0.717, 1.165) is 0 Å². The second kappa shape index (κ2) is 7.21. The van der Waals surface area contributed by atoms with Gasteiger partial charge in [0.2, 0.25) is 0 Å². The average molecular weight is 362 g/mol. The van der Waals surface area contributed by atoms with Crippen molar-refractivity contribution < 1.29 is 24.0 Å². The fraction of sp³-hybridized carbons (Fsp3) is 0.312. The minimum absolute atomic E-state index is 0.0267. The van der Waals surface area contributed by atoms with Gasteiger partial charge in [-0.3, -0.25) is 10.1 Å². The topological polar surface area (TPSA) is 145 Å². The van der Waals surface area contributed by atoms with E-state index in [1.54, 1.807) is 13.8 Å². The third-order valence-electron chi connectivity index (χ3n) is 3.68. The number of ether oxygens (including phenoxy) is 1. The molecule has 1 aromatic carbocycles. The highest BCUT2D eigenvalue weighted by Gasteiger charge is 2.43. The van der Waals surface area contributed by atoms with Gasteiger partial charge in [0.1, 0.15) is 6.04 Å². The van der Waals surface area contributed by atoms with Gasteiger partial charge in [-0.2, -0.15) is 0 Å². The fourth-order valence-electron chi connectivity index (χ4n) is 2.69. The van der Waals surface area contributed by atoms with E-state index in [4.69, 9.17) is 10.5 Å². The van der Waals surface area contributed by atoms with Crippen molar-refractivity contribution in [3.8, 4) is 0 Å². The van der Waals surface area contributed by atoms with Crippen molar-refractivity contribution >= 4 is 23.7 Å². The van der Waals surface area contributed by atoms with E-state index in [1.165, 1.54) is 31.2 Å². The number of benzene rings is 1. The van der Waals surface area contributed by atoms with Crippen LogP contribution in [-0.2, 0) is 9.53 Å². The van der Waals surface area contributed by atoms with E-state index in [0.29, 0.717) is 4.90 Å². The molecule has 2 rings (SSSR count). The van der Waals surface area contributed by atoms with Crippen molar-refractivity contribution in [1.29, 1.82) is 0 Å². The molecule has 0 aliphatic carbocycles. The van der Waals surface area contributed by atoms with Crippen LogP contribution >= 0.6 is 0 Å². The van der Waals surface area contributed by atoms with Crippen LogP contribution in [0.4, 0.5) is 15.3 Å². The van der Waals surface area contributed by atoms with E-state index in [9.17, 15) is 24.5 Å². The quantitative estimate of drug-likeness (QED) is 0.476. The summed E-state index contributed by atoms with van der Waals surface area (Å²) in [5.41, 5.74) is 4.94. The van der Waals surface area contributed by atoms with Gasteiger partial charge in [0.25, 0.3) is 5.69 Å². The van der Waals surface area contributed by atoms with Gasteiger partial charge in [0.15, 0.2) is 0 Å². The van der Waals surface area contributed by atoms with E-state index in [2.05, 4.69) is 5.32 Å². The first-order valence-corrected chi connectivity index (χ1v) is 7.69. The Morgan fingerprint density at radius 1 is 1.35 bits per heavy atom. The molecule has 1 heterocycles. The predicted molar refractivity (Wildman–Crippen MR) is 89.7 cm³/mol. The summed E-state index contributed by atoms with van der Waals surface area (Å²) in [7, 11) is 0. The summed E-state index contributed by atoms with van der Waals surface area (Å²) in [6.07, 6.45) is -0.478. The van der Waals surface area contributed by atoms with Crippen LogP contribution < -0.4 is 11.1 Å². The van der Waals surface area contributed by atoms with Gasteiger partial charge >= 0.3 is 18.0 Å². The monoisotopic (exact) mass is 362 g/mol. The number of para-hydroxylation sites is 1. The number of carbonyl (C=O) groups excluding carboxylic acids is 3. The lowest BCUT2D eigenvalue weighted by molar-refractivity contribution is -0.385. The van der Waals surface area contributed by atoms with Crippen LogP contribution in [0.1, 0.15) is 32.4 Å². The number of nitro groups is 1. The van der Waals surface area contributed by atoms with E-state index in [1.807, 2.05) is 0 Å². The van der Waals surface area contributed by atoms with Gasteiger partial charge in [0, 0.05) is 11.8 Å². The summed E-state index contributed by atoms with van der Waals surface area (Å²) in [6.45, 7) is 4.69. The number of hydrogen-bond donors (Lipinski definition) is 2. The van der Waals surface area contributed by atoms with Gasteiger partial charge in [0.05, 0.1) is 22.2 Å². The summed E-state index contributed by atoms with van der Waals surface area (Å²) in [5, 5.41) is 13.8. The van der Waals surface area contributed by atoms with Crippen LogP contribution in [0.2, 0.25) is 0 Å². The Labute approximate surface area is 148 Å². The Morgan fingerprint density at radius 3 is 2.50 bits per heavy atom. The van der Waals surface area contributed by atoms with Gasteiger partial charge < -0.3 is 15.8 Å². The maximum Gasteiger partial charge on any atom is 0.338 e. The number of hydrogen-bond acceptors (Lipinski definition) is 6. The number of nitrogens with zero attached hydrogens (tertiary/aromatic N) is 2. The van der Waals surface area contributed by atoms with Crippen molar-refractivity contribution in [3.05, 3.63) is 51.2 Å². The van der Waals surface area contributed by atoms with Gasteiger partial charge in [-0.05, 0) is 26.8 Å². The van der Waals surface area contributed by atoms with Crippen molar-refractivity contribution in [3.63, 3.8) is 0 Å². The van der Waals surface area contributed by atoms with Gasteiger partial charge in [-0.1, -0.05) is 12.1 Å². The minimum Gasteiger partial charge on any atom is -0.459 e. The standard InChI is InChI=1S/C16H18N4O6/c1-8(2)26-14(21)12-9(3)18-16(23)19(15(17)22)13(12)10-6-4-5-7-11(10)20(24)25/h4-8,13H,1-3H3,(H2,17,22)(H,18,23). The fourth-order valence-corrected chi connectivity index (χ4v) is 2.69. The number of amides is 4. The summed E-state index contributed by atoms with van der Waals surface area (Å²) >= 11 is 0. The molecular formula is C16H18N4O6. The molecule has 1 atom stereocenters. The van der Waals surface area contributed by atoms with Crippen molar-refractivity contribution in [2.24, 2.45) is 5.73 Å². The number of nitrogens with two attached hydrogens (primary N) is 1. The highest BCUT2D eigenvalue weighted by atomic mass is 16.6. The highest BCUT2D eigenvalue weighted by Crippen LogP contribution is 2.38. The molecule has 0 saturated carbocycles. The number of nitrogens with one attached hydrogen (secondary N) is 1. The molecule has 0 bridgehead atoms. The Morgan fingerprint density at radius 2 is 1.96 bits per heavy atom. The highest BCUT2D eigenvalue weighted by molar-refractivity contribution is 6.01. The molecule has 10 heteroatoms. The van der Waals surface area contributed by atoms with Crippen LogP contribution in [-0.4, -0.2) is 34.0 Å². The molecule has 0 aromatic heterocycles. The van der Waals surface area contributed by atoms with E-state index in [-0.39, 0.29) is 22.5 Å². The molecule has 3 N–H and O–H groups in total. The van der Waals surface area contributed by atoms with Crippen LogP contribution in [0.3, 0.4) is 0 Å². The van der Waals surface area contributed by atoms with Crippen LogP contribution in [0, 0.1) is 10.1 Å². The van der Waals surface area contributed by atoms with Crippen molar-refractivity contribution in [1.82, 2.24) is 10.2 Å². The van der Waals surface area contributed by atoms with E-state index < -0.39 is 35.1 Å². The van der Waals surface area contributed by atoms with Crippen LogP contribution in [0.5, 0.6) is 0 Å². The lowest BCUT2D eigenvalue weighted by Gasteiger charge is -2.35. The second-order valence-electron chi connectivity index (χ2n) is 5.85. The molecule has 0 fully saturated rings. The molecule has 10 nitrogen and oxygen atoms in total. The predicted octanol–water partition coefficient (Wildman–Crippen LogP) is 1.97. The second-order valence-corrected chi connectivity index (χ2v) is 5.85. The molecule has 1 aromatic rings. The summed E-state index contributed by atoms with van der Waals surface area (Å²) in [5.74, 6) is -0.813. The molecule has 0 spiro atoms. The van der Waals surface area contributed by atoms with Crippen LogP contribution in [0.25, 0.3) is 0 Å². The largest absolute Gasteiger partial charge is 0.459 e. The first kappa shape index (κ1) is 18.9. The van der Waals surface area contributed by atoms with Crippen LogP contribution in [0.15, 0.2) is 35.5 Å². The third kappa shape index (κ3) is 3.48. The number of imide groups is 1. The number of primary amides is 1. The Hall–Kier alpha value is -3.43. The molecule has 138 valence electrons. The first-order valence-electron chi connectivity index (χ1n) is 7.69. The van der Waals surface area contributed by atoms with Gasteiger partial charge in [-0.25, -0.2) is 19.3 Å².